The van der Waals surface area contributed by atoms with Crippen molar-refractivity contribution in [3.8, 4) is 0 Å². The van der Waals surface area contributed by atoms with Crippen molar-refractivity contribution in [2.75, 3.05) is 29.6 Å². The number of anilines is 2. The number of rotatable bonds is 1. The van der Waals surface area contributed by atoms with Crippen LogP contribution in [0.1, 0.15) is 25.7 Å². The van der Waals surface area contributed by atoms with E-state index in [1.54, 1.807) is 6.07 Å². The van der Waals surface area contributed by atoms with Crippen molar-refractivity contribution in [1.82, 2.24) is 0 Å². The van der Waals surface area contributed by atoms with Gasteiger partial charge in [0.2, 0.25) is 0 Å². The van der Waals surface area contributed by atoms with E-state index in [0.717, 1.165) is 24.5 Å². The number of hydrogen-bond acceptors (Lipinski definition) is 4. The van der Waals surface area contributed by atoms with Crippen molar-refractivity contribution in [2.45, 2.75) is 36.6 Å². The number of nitrogens with one attached hydrogen (secondary N) is 1. The lowest BCUT2D eigenvalue weighted by atomic mass is 10.1. The lowest BCUT2D eigenvalue weighted by Crippen LogP contribution is -2.43. The fourth-order valence-electron chi connectivity index (χ4n) is 3.17. The van der Waals surface area contributed by atoms with Gasteiger partial charge < -0.3 is 10.2 Å². The fraction of sp³-hybridized carbons (Fsp3) is 0.571. The van der Waals surface area contributed by atoms with Crippen molar-refractivity contribution in [2.24, 2.45) is 0 Å². The average Bonchev–Trinajstić information content (AvgIpc) is 2.62. The molecule has 4 nitrogen and oxygen atoms in total. The van der Waals surface area contributed by atoms with E-state index in [0.29, 0.717) is 10.9 Å². The van der Waals surface area contributed by atoms with Gasteiger partial charge in [0.1, 0.15) is 0 Å². The Bertz CT molecular complexity index is 583. The van der Waals surface area contributed by atoms with Crippen LogP contribution in [0.25, 0.3) is 0 Å². The van der Waals surface area contributed by atoms with E-state index in [1.165, 1.54) is 31.9 Å². The minimum Gasteiger partial charge on any atom is -0.380 e. The molecule has 1 fully saturated rings. The van der Waals surface area contributed by atoms with Crippen LogP contribution in [0.15, 0.2) is 23.1 Å². The summed E-state index contributed by atoms with van der Waals surface area (Å²) in [5.74, 6) is 0. The molecule has 3 rings (SSSR count). The number of nitrogens with zero attached hydrogens (tertiary/aromatic N) is 1. The molecule has 2 aliphatic heterocycles. The van der Waals surface area contributed by atoms with Crippen molar-refractivity contribution in [1.29, 1.82) is 0 Å². The highest BCUT2D eigenvalue weighted by Crippen LogP contribution is 2.38. The Morgan fingerprint density at radius 3 is 2.89 bits per heavy atom. The maximum absolute atomic E-state index is 11.9. The molecule has 104 valence electrons. The first-order chi connectivity index (χ1) is 9.07. The zero-order valence-electron chi connectivity index (χ0n) is 11.2. The van der Waals surface area contributed by atoms with E-state index < -0.39 is 9.84 Å². The van der Waals surface area contributed by atoms with Crippen LogP contribution in [-0.2, 0) is 9.84 Å². The molecule has 5 heteroatoms. The van der Waals surface area contributed by atoms with Crippen LogP contribution < -0.4 is 10.2 Å². The molecule has 19 heavy (non-hydrogen) atoms. The van der Waals surface area contributed by atoms with E-state index in [4.69, 9.17) is 0 Å². The van der Waals surface area contributed by atoms with Gasteiger partial charge in [0.05, 0.1) is 16.3 Å². The predicted molar refractivity (Wildman–Crippen MR) is 77.6 cm³/mol. The van der Waals surface area contributed by atoms with Gasteiger partial charge in [-0.2, -0.15) is 0 Å². The minimum absolute atomic E-state index is 0.424. The highest BCUT2D eigenvalue weighted by atomic mass is 32.2. The summed E-state index contributed by atoms with van der Waals surface area (Å²) in [6.07, 6.45) is 6.20. The quantitative estimate of drug-likeness (QED) is 0.857. The highest BCUT2D eigenvalue weighted by molar-refractivity contribution is 7.90. The highest BCUT2D eigenvalue weighted by Gasteiger charge is 2.30. The van der Waals surface area contributed by atoms with Crippen LogP contribution in [0.4, 0.5) is 11.4 Å². The first-order valence-corrected chi connectivity index (χ1v) is 8.80. The maximum Gasteiger partial charge on any atom is 0.177 e. The van der Waals surface area contributed by atoms with Crippen LogP contribution in [-0.4, -0.2) is 33.8 Å². The Kier molecular flexibility index (Phi) is 3.17. The SMILES string of the molecule is CS(=O)(=O)c1cccc2c1NCC1CCCCCN21. The average molecular weight is 280 g/mol. The Morgan fingerprint density at radius 2 is 2.11 bits per heavy atom. The molecule has 1 unspecified atom stereocenters. The first-order valence-electron chi connectivity index (χ1n) is 6.91. The molecule has 1 aromatic rings. The van der Waals surface area contributed by atoms with Crippen molar-refractivity contribution in [3.63, 3.8) is 0 Å². The summed E-state index contributed by atoms with van der Waals surface area (Å²) in [5.41, 5.74) is 1.85. The number of para-hydroxylation sites is 1. The Balaban J connectivity index is 2.08. The van der Waals surface area contributed by atoms with E-state index >= 15 is 0 Å². The summed E-state index contributed by atoms with van der Waals surface area (Å²) < 4.78 is 23.7. The molecule has 0 amide bonds. The van der Waals surface area contributed by atoms with Gasteiger partial charge in [-0.15, -0.1) is 0 Å². The van der Waals surface area contributed by atoms with Gasteiger partial charge in [-0.3, -0.25) is 0 Å². The molecule has 0 spiro atoms. The molecular weight excluding hydrogens is 260 g/mol. The largest absolute Gasteiger partial charge is 0.380 e. The molecule has 0 radical (unpaired) electrons. The third-order valence-corrected chi connectivity index (χ3v) is 5.24. The molecule has 2 heterocycles. The van der Waals surface area contributed by atoms with Crippen molar-refractivity contribution in [3.05, 3.63) is 18.2 Å². The Labute approximate surface area is 114 Å². The second kappa shape index (κ2) is 4.71. The van der Waals surface area contributed by atoms with Crippen LogP contribution in [0.3, 0.4) is 0 Å². The van der Waals surface area contributed by atoms with Gasteiger partial charge in [0.15, 0.2) is 9.84 Å². The van der Waals surface area contributed by atoms with Gasteiger partial charge >= 0.3 is 0 Å². The van der Waals surface area contributed by atoms with Crippen LogP contribution in [0.2, 0.25) is 0 Å². The lowest BCUT2D eigenvalue weighted by Gasteiger charge is -2.39. The third-order valence-electron chi connectivity index (χ3n) is 4.10. The van der Waals surface area contributed by atoms with Gasteiger partial charge in [-0.05, 0) is 25.0 Å². The van der Waals surface area contributed by atoms with Crippen LogP contribution >= 0.6 is 0 Å². The standard InChI is InChI=1S/C14H20N2O2S/c1-19(17,18)13-8-5-7-12-14(13)15-10-11-6-3-2-4-9-16(11)12/h5,7-8,11,15H,2-4,6,9-10H2,1H3. The first kappa shape index (κ1) is 12.8. The van der Waals surface area contributed by atoms with Gasteiger partial charge in [-0.1, -0.05) is 18.9 Å². The predicted octanol–water partition coefficient (Wildman–Crippen LogP) is 2.26. The van der Waals surface area contributed by atoms with Gasteiger partial charge in [0, 0.05) is 25.4 Å². The molecular formula is C14H20N2O2S. The topological polar surface area (TPSA) is 49.4 Å². The van der Waals surface area contributed by atoms with E-state index in [2.05, 4.69) is 10.2 Å². The summed E-state index contributed by atoms with van der Waals surface area (Å²) in [4.78, 5) is 2.82. The summed E-state index contributed by atoms with van der Waals surface area (Å²) in [7, 11) is -3.18. The number of hydrogen-bond donors (Lipinski definition) is 1. The van der Waals surface area contributed by atoms with E-state index in [-0.39, 0.29) is 0 Å². The minimum atomic E-state index is -3.18. The lowest BCUT2D eigenvalue weighted by molar-refractivity contribution is 0.579. The number of sulfone groups is 1. The molecule has 1 atom stereocenters. The number of benzene rings is 1. The van der Waals surface area contributed by atoms with Gasteiger partial charge in [0.25, 0.3) is 0 Å². The molecule has 1 aromatic carbocycles. The summed E-state index contributed by atoms with van der Waals surface area (Å²) in [6.45, 7) is 1.88. The number of fused-ring (bicyclic) bond motifs is 3. The van der Waals surface area contributed by atoms with Crippen LogP contribution in [0, 0.1) is 0 Å². The van der Waals surface area contributed by atoms with E-state index in [9.17, 15) is 8.42 Å². The third kappa shape index (κ3) is 2.31. The summed E-state index contributed by atoms with van der Waals surface area (Å²) in [5, 5.41) is 3.34. The molecule has 0 aliphatic carbocycles. The smallest absolute Gasteiger partial charge is 0.177 e. The molecule has 0 saturated carbocycles. The summed E-state index contributed by atoms with van der Waals surface area (Å²) in [6, 6.07) is 6.09. The molecule has 1 saturated heterocycles. The maximum atomic E-state index is 11.9. The summed E-state index contributed by atoms with van der Waals surface area (Å²) >= 11 is 0. The second-order valence-corrected chi connectivity index (χ2v) is 7.48. The van der Waals surface area contributed by atoms with Crippen molar-refractivity contribution >= 4 is 21.2 Å². The monoisotopic (exact) mass is 280 g/mol. The van der Waals surface area contributed by atoms with Crippen molar-refractivity contribution < 1.29 is 8.42 Å². The molecule has 0 aromatic heterocycles. The van der Waals surface area contributed by atoms with E-state index in [1.807, 2.05) is 12.1 Å². The normalized spacial score (nSPS) is 23.0. The zero-order valence-corrected chi connectivity index (χ0v) is 12.0. The van der Waals surface area contributed by atoms with Crippen LogP contribution in [0.5, 0.6) is 0 Å². The Hall–Kier alpha value is -1.23. The molecule has 1 N–H and O–H groups in total. The Morgan fingerprint density at radius 1 is 1.26 bits per heavy atom. The zero-order chi connectivity index (χ0) is 13.5. The van der Waals surface area contributed by atoms with Gasteiger partial charge in [-0.25, -0.2) is 8.42 Å². The molecule has 0 bridgehead atoms. The second-order valence-electron chi connectivity index (χ2n) is 5.50. The molecule has 2 aliphatic rings. The fourth-order valence-corrected chi connectivity index (χ4v) is 4.05.